The predicted molar refractivity (Wildman–Crippen MR) is 80.1 cm³/mol. The molecule has 0 aromatic heterocycles. The number of hydrogen-bond donors (Lipinski definition) is 1. The summed E-state index contributed by atoms with van der Waals surface area (Å²) in [6.45, 7) is 16.5. The van der Waals surface area contributed by atoms with Gasteiger partial charge in [0.15, 0.2) is 0 Å². The van der Waals surface area contributed by atoms with Crippen LogP contribution in [0.1, 0.15) is 41.5 Å². The molecule has 0 rings (SSSR count). The van der Waals surface area contributed by atoms with Crippen molar-refractivity contribution in [1.82, 2.24) is 10.2 Å². The second kappa shape index (κ2) is 8.13. The Labute approximate surface area is 114 Å². The van der Waals surface area contributed by atoms with E-state index >= 15 is 0 Å². The largest absolute Gasteiger partial charge is 0.383 e. The van der Waals surface area contributed by atoms with E-state index in [2.05, 4.69) is 58.8 Å². The topological polar surface area (TPSA) is 24.5 Å². The van der Waals surface area contributed by atoms with Crippen LogP contribution in [0.3, 0.4) is 0 Å². The van der Waals surface area contributed by atoms with Gasteiger partial charge >= 0.3 is 0 Å². The zero-order chi connectivity index (χ0) is 14.3. The fourth-order valence-corrected chi connectivity index (χ4v) is 1.98. The molecule has 0 bridgehead atoms. The fourth-order valence-electron chi connectivity index (χ4n) is 1.98. The molecule has 0 amide bonds. The molecule has 0 saturated carbocycles. The molecule has 0 aliphatic heterocycles. The minimum Gasteiger partial charge on any atom is -0.383 e. The molecular weight excluding hydrogens is 224 g/mol. The first-order valence-corrected chi connectivity index (χ1v) is 7.11. The molecule has 0 aliphatic rings. The van der Waals surface area contributed by atoms with Gasteiger partial charge in [0.1, 0.15) is 0 Å². The zero-order valence-corrected chi connectivity index (χ0v) is 13.7. The van der Waals surface area contributed by atoms with E-state index in [9.17, 15) is 0 Å². The molecule has 0 aliphatic carbocycles. The molecule has 0 saturated heterocycles. The maximum atomic E-state index is 5.36. The van der Waals surface area contributed by atoms with E-state index in [1.54, 1.807) is 7.11 Å². The van der Waals surface area contributed by atoms with Crippen LogP contribution in [-0.4, -0.2) is 50.8 Å². The van der Waals surface area contributed by atoms with Crippen molar-refractivity contribution >= 4 is 0 Å². The lowest BCUT2D eigenvalue weighted by molar-refractivity contribution is 0.0465. The number of methoxy groups -OCH3 is 1. The number of hydrogen-bond acceptors (Lipinski definition) is 3. The van der Waals surface area contributed by atoms with Crippen molar-refractivity contribution in [2.24, 2.45) is 11.3 Å². The minimum absolute atomic E-state index is 0.290. The van der Waals surface area contributed by atoms with Gasteiger partial charge in [-0.2, -0.15) is 0 Å². The summed E-state index contributed by atoms with van der Waals surface area (Å²) in [7, 11) is 3.99. The summed E-state index contributed by atoms with van der Waals surface area (Å²) >= 11 is 0. The van der Waals surface area contributed by atoms with E-state index in [1.807, 2.05) is 0 Å². The molecule has 110 valence electrons. The SMILES string of the molecule is COCC(CNCC(C)C)N(C)C(C)C(C)(C)C. The lowest BCUT2D eigenvalue weighted by atomic mass is 9.86. The number of ether oxygens (including phenoxy) is 1. The Morgan fingerprint density at radius 1 is 1.11 bits per heavy atom. The van der Waals surface area contributed by atoms with E-state index < -0.39 is 0 Å². The van der Waals surface area contributed by atoms with Crippen LogP contribution < -0.4 is 5.32 Å². The summed E-state index contributed by atoms with van der Waals surface area (Å²) in [6, 6.07) is 0.960. The van der Waals surface area contributed by atoms with Crippen molar-refractivity contribution in [1.29, 1.82) is 0 Å². The Morgan fingerprint density at radius 2 is 1.67 bits per heavy atom. The molecule has 0 heterocycles. The van der Waals surface area contributed by atoms with Gasteiger partial charge in [-0.25, -0.2) is 0 Å². The highest BCUT2D eigenvalue weighted by Gasteiger charge is 2.28. The molecule has 2 unspecified atom stereocenters. The van der Waals surface area contributed by atoms with Crippen LogP contribution in [0.25, 0.3) is 0 Å². The highest BCUT2D eigenvalue weighted by Crippen LogP contribution is 2.24. The Morgan fingerprint density at radius 3 is 2.06 bits per heavy atom. The first-order chi connectivity index (χ1) is 8.20. The number of nitrogens with zero attached hydrogens (tertiary/aromatic N) is 1. The Hall–Kier alpha value is -0.120. The van der Waals surface area contributed by atoms with E-state index in [0.29, 0.717) is 23.4 Å². The lowest BCUT2D eigenvalue weighted by Gasteiger charge is -2.40. The second-order valence-corrected chi connectivity index (χ2v) is 6.87. The van der Waals surface area contributed by atoms with Crippen molar-refractivity contribution in [3.8, 4) is 0 Å². The third kappa shape index (κ3) is 6.72. The lowest BCUT2D eigenvalue weighted by Crippen LogP contribution is -2.51. The molecule has 0 aromatic carbocycles. The van der Waals surface area contributed by atoms with Crippen molar-refractivity contribution in [2.45, 2.75) is 53.6 Å². The van der Waals surface area contributed by atoms with Crippen LogP contribution in [-0.2, 0) is 4.74 Å². The van der Waals surface area contributed by atoms with E-state index in [1.165, 1.54) is 0 Å². The van der Waals surface area contributed by atoms with Crippen molar-refractivity contribution in [3.63, 3.8) is 0 Å². The summed E-state index contributed by atoms with van der Waals surface area (Å²) in [4.78, 5) is 2.44. The molecule has 0 radical (unpaired) electrons. The number of nitrogens with one attached hydrogen (secondary N) is 1. The van der Waals surface area contributed by atoms with E-state index in [-0.39, 0.29) is 0 Å². The van der Waals surface area contributed by atoms with Crippen LogP contribution in [0.5, 0.6) is 0 Å². The Kier molecular flexibility index (Phi) is 8.08. The molecule has 0 spiro atoms. The number of rotatable bonds is 8. The monoisotopic (exact) mass is 258 g/mol. The zero-order valence-electron chi connectivity index (χ0n) is 13.7. The van der Waals surface area contributed by atoms with Crippen LogP contribution in [0.4, 0.5) is 0 Å². The standard InChI is InChI=1S/C15H34N2O/c1-12(2)9-16-10-14(11-18-8)17(7)13(3)15(4,5)6/h12-14,16H,9-11H2,1-8H3. The summed E-state index contributed by atoms with van der Waals surface area (Å²) < 4.78 is 5.36. The molecule has 18 heavy (non-hydrogen) atoms. The Bertz CT molecular complexity index is 211. The summed E-state index contributed by atoms with van der Waals surface area (Å²) in [5.41, 5.74) is 0.290. The summed E-state index contributed by atoms with van der Waals surface area (Å²) in [5.74, 6) is 0.693. The molecule has 3 heteroatoms. The van der Waals surface area contributed by atoms with E-state index in [0.717, 1.165) is 19.7 Å². The van der Waals surface area contributed by atoms with E-state index in [4.69, 9.17) is 4.74 Å². The first-order valence-electron chi connectivity index (χ1n) is 7.11. The van der Waals surface area contributed by atoms with Gasteiger partial charge in [0.05, 0.1) is 6.61 Å². The Balaban J connectivity index is 4.39. The summed E-state index contributed by atoms with van der Waals surface area (Å²) in [6.07, 6.45) is 0. The van der Waals surface area contributed by atoms with Crippen LogP contribution in [0.15, 0.2) is 0 Å². The maximum Gasteiger partial charge on any atom is 0.0630 e. The molecular formula is C15H34N2O. The molecule has 3 nitrogen and oxygen atoms in total. The van der Waals surface area contributed by atoms with Crippen molar-refractivity contribution in [2.75, 3.05) is 33.9 Å². The van der Waals surface area contributed by atoms with Gasteiger partial charge in [-0.3, -0.25) is 4.90 Å². The smallest absolute Gasteiger partial charge is 0.0630 e. The van der Waals surface area contributed by atoms with Gasteiger partial charge in [0.25, 0.3) is 0 Å². The van der Waals surface area contributed by atoms with Gasteiger partial charge in [-0.05, 0) is 31.8 Å². The van der Waals surface area contributed by atoms with Gasteiger partial charge in [-0.15, -0.1) is 0 Å². The van der Waals surface area contributed by atoms with Gasteiger partial charge < -0.3 is 10.1 Å². The third-order valence-electron chi connectivity index (χ3n) is 3.73. The predicted octanol–water partition coefficient (Wildman–Crippen LogP) is 2.61. The van der Waals surface area contributed by atoms with Gasteiger partial charge in [0, 0.05) is 25.7 Å². The molecule has 2 atom stereocenters. The first kappa shape index (κ1) is 17.9. The summed E-state index contributed by atoms with van der Waals surface area (Å²) in [5, 5.41) is 3.54. The third-order valence-corrected chi connectivity index (χ3v) is 3.73. The quantitative estimate of drug-likeness (QED) is 0.724. The van der Waals surface area contributed by atoms with Gasteiger partial charge in [0.2, 0.25) is 0 Å². The minimum atomic E-state index is 0.290. The fraction of sp³-hybridized carbons (Fsp3) is 1.00. The highest BCUT2D eigenvalue weighted by molar-refractivity contribution is 4.83. The maximum absolute atomic E-state index is 5.36. The van der Waals surface area contributed by atoms with Crippen molar-refractivity contribution < 1.29 is 4.74 Å². The average molecular weight is 258 g/mol. The van der Waals surface area contributed by atoms with Crippen molar-refractivity contribution in [3.05, 3.63) is 0 Å². The molecule has 0 fully saturated rings. The molecule has 1 N–H and O–H groups in total. The van der Waals surface area contributed by atoms with Crippen LogP contribution >= 0.6 is 0 Å². The van der Waals surface area contributed by atoms with Crippen LogP contribution in [0.2, 0.25) is 0 Å². The van der Waals surface area contributed by atoms with Crippen LogP contribution in [0, 0.1) is 11.3 Å². The second-order valence-electron chi connectivity index (χ2n) is 6.87. The average Bonchev–Trinajstić information content (AvgIpc) is 2.24. The highest BCUT2D eigenvalue weighted by atomic mass is 16.5. The normalized spacial score (nSPS) is 16.3. The number of likely N-dealkylation sites (N-methyl/N-ethyl adjacent to an activating group) is 1. The van der Waals surface area contributed by atoms with Gasteiger partial charge in [-0.1, -0.05) is 34.6 Å². The molecule has 0 aromatic rings.